The molecule has 1 aromatic carbocycles. The van der Waals surface area contributed by atoms with Gasteiger partial charge in [-0.3, -0.25) is 4.89 Å². The molecule has 0 bridgehead atoms. The third-order valence-corrected chi connectivity index (χ3v) is 1.93. The number of allylic oxidation sites excluding steroid dienone is 1. The lowest BCUT2D eigenvalue weighted by molar-refractivity contribution is -0.229. The molecule has 0 aromatic heterocycles. The second-order valence-electron chi connectivity index (χ2n) is 2.86. The summed E-state index contributed by atoms with van der Waals surface area (Å²) in [6.45, 7) is 1.73. The van der Waals surface area contributed by atoms with Crippen molar-refractivity contribution < 1.29 is 14.9 Å². The van der Waals surface area contributed by atoms with E-state index >= 15 is 0 Å². The molecule has 0 atom stereocenters. The van der Waals surface area contributed by atoms with Gasteiger partial charge >= 0.3 is 5.97 Å². The molecule has 74 valence electrons. The largest absolute Gasteiger partial charge is 0.368 e. The topological polar surface area (TPSA) is 46.5 Å². The Kier molecular flexibility index (Phi) is 3.88. The number of hydrogen-bond acceptors (Lipinski definition) is 3. The first-order valence-corrected chi connectivity index (χ1v) is 4.32. The normalized spacial score (nSPS) is 11.1. The maximum absolute atomic E-state index is 11.0. The third kappa shape index (κ3) is 2.71. The molecule has 0 aliphatic carbocycles. The summed E-state index contributed by atoms with van der Waals surface area (Å²) in [5, 5.41) is 8.22. The maximum atomic E-state index is 11.0. The van der Waals surface area contributed by atoms with E-state index in [1.807, 2.05) is 30.3 Å². The second kappa shape index (κ2) is 5.19. The van der Waals surface area contributed by atoms with E-state index in [1.54, 1.807) is 13.0 Å². The van der Waals surface area contributed by atoms with Gasteiger partial charge < -0.3 is 0 Å². The molecule has 0 unspecified atom stereocenters. The van der Waals surface area contributed by atoms with Gasteiger partial charge in [0.2, 0.25) is 0 Å². The molecule has 0 aliphatic rings. The first-order valence-electron chi connectivity index (χ1n) is 4.32. The highest BCUT2D eigenvalue weighted by atomic mass is 17.1. The Balaban J connectivity index is 2.73. The zero-order valence-corrected chi connectivity index (χ0v) is 7.93. The molecule has 0 aliphatic heterocycles. The summed E-state index contributed by atoms with van der Waals surface area (Å²) in [5.74, 6) is -0.698. The van der Waals surface area contributed by atoms with Crippen LogP contribution in [0.15, 0.2) is 42.0 Å². The fourth-order valence-electron chi connectivity index (χ4n) is 1.17. The van der Waals surface area contributed by atoms with Crippen LogP contribution < -0.4 is 0 Å². The van der Waals surface area contributed by atoms with Crippen molar-refractivity contribution in [3.05, 3.63) is 47.5 Å². The lowest BCUT2D eigenvalue weighted by Crippen LogP contribution is -2.07. The van der Waals surface area contributed by atoms with E-state index in [0.717, 1.165) is 5.56 Å². The lowest BCUT2D eigenvalue weighted by Gasteiger charge is -2.02. The molecule has 3 heteroatoms. The fourth-order valence-corrected chi connectivity index (χ4v) is 1.17. The monoisotopic (exact) mass is 192 g/mol. The predicted molar refractivity (Wildman–Crippen MR) is 52.6 cm³/mol. The number of carbonyl (C=O) groups excluding carboxylic acids is 1. The molecule has 1 aromatic rings. The average molecular weight is 192 g/mol. The minimum atomic E-state index is -0.698. The van der Waals surface area contributed by atoms with Crippen molar-refractivity contribution in [3.63, 3.8) is 0 Å². The molecular weight excluding hydrogens is 180 g/mol. The summed E-state index contributed by atoms with van der Waals surface area (Å²) in [5.41, 5.74) is 1.45. The van der Waals surface area contributed by atoms with Crippen LogP contribution in [-0.2, 0) is 16.1 Å². The summed E-state index contributed by atoms with van der Waals surface area (Å²) >= 11 is 0. The molecule has 0 heterocycles. The van der Waals surface area contributed by atoms with Crippen molar-refractivity contribution in [3.8, 4) is 0 Å². The smallest absolute Gasteiger partial charge is 0.296 e. The van der Waals surface area contributed by atoms with E-state index in [2.05, 4.69) is 4.89 Å². The highest BCUT2D eigenvalue weighted by Gasteiger charge is 2.09. The Morgan fingerprint density at radius 3 is 2.57 bits per heavy atom. The number of rotatable bonds is 3. The van der Waals surface area contributed by atoms with Gasteiger partial charge in [-0.2, -0.15) is 5.26 Å². The molecule has 0 saturated carbocycles. The fraction of sp³-hybridized carbons (Fsp3) is 0.182. The Morgan fingerprint density at radius 1 is 1.43 bits per heavy atom. The van der Waals surface area contributed by atoms with E-state index in [1.165, 1.54) is 0 Å². The van der Waals surface area contributed by atoms with E-state index in [0.29, 0.717) is 12.0 Å². The van der Waals surface area contributed by atoms with Gasteiger partial charge in [0.25, 0.3) is 0 Å². The minimum absolute atomic E-state index is 0.443. The maximum Gasteiger partial charge on any atom is 0.368 e. The Hall–Kier alpha value is -1.61. The lowest BCUT2D eigenvalue weighted by atomic mass is 10.1. The Bertz CT molecular complexity index is 328. The SMILES string of the molecule is CC=C(Cc1ccccc1)C(=O)OO. The van der Waals surface area contributed by atoms with Crippen molar-refractivity contribution in [2.75, 3.05) is 0 Å². The molecule has 0 radical (unpaired) electrons. The molecule has 0 saturated heterocycles. The summed E-state index contributed by atoms with van der Waals surface area (Å²) in [7, 11) is 0. The summed E-state index contributed by atoms with van der Waals surface area (Å²) in [6.07, 6.45) is 2.10. The van der Waals surface area contributed by atoms with Gasteiger partial charge in [-0.05, 0) is 12.5 Å². The van der Waals surface area contributed by atoms with Crippen LogP contribution in [0.5, 0.6) is 0 Å². The second-order valence-corrected chi connectivity index (χ2v) is 2.86. The quantitative estimate of drug-likeness (QED) is 0.453. The predicted octanol–water partition coefficient (Wildman–Crippen LogP) is 2.19. The molecule has 0 fully saturated rings. The molecule has 0 amide bonds. The third-order valence-electron chi connectivity index (χ3n) is 1.93. The van der Waals surface area contributed by atoms with Crippen molar-refractivity contribution in [2.45, 2.75) is 13.3 Å². The van der Waals surface area contributed by atoms with Crippen LogP contribution >= 0.6 is 0 Å². The van der Waals surface area contributed by atoms with E-state index in [-0.39, 0.29) is 0 Å². The average Bonchev–Trinajstić information content (AvgIpc) is 2.26. The van der Waals surface area contributed by atoms with Gasteiger partial charge in [0.1, 0.15) is 0 Å². The Labute approximate surface area is 82.6 Å². The highest BCUT2D eigenvalue weighted by molar-refractivity contribution is 5.88. The van der Waals surface area contributed by atoms with Crippen molar-refractivity contribution in [1.29, 1.82) is 0 Å². The van der Waals surface area contributed by atoms with Crippen LogP contribution in [0.1, 0.15) is 12.5 Å². The van der Waals surface area contributed by atoms with Crippen LogP contribution in [0, 0.1) is 0 Å². The zero-order valence-electron chi connectivity index (χ0n) is 7.93. The van der Waals surface area contributed by atoms with Crippen molar-refractivity contribution in [2.24, 2.45) is 0 Å². The Morgan fingerprint density at radius 2 is 2.07 bits per heavy atom. The highest BCUT2D eigenvalue weighted by Crippen LogP contribution is 2.08. The molecule has 1 rings (SSSR count). The van der Waals surface area contributed by atoms with Gasteiger partial charge in [0.05, 0.1) is 0 Å². The van der Waals surface area contributed by atoms with Crippen LogP contribution in [0.25, 0.3) is 0 Å². The molecule has 3 nitrogen and oxygen atoms in total. The number of hydrogen-bond donors (Lipinski definition) is 1. The van der Waals surface area contributed by atoms with Crippen LogP contribution in [0.3, 0.4) is 0 Å². The van der Waals surface area contributed by atoms with Crippen molar-refractivity contribution in [1.82, 2.24) is 0 Å². The van der Waals surface area contributed by atoms with E-state index < -0.39 is 5.97 Å². The molecule has 0 spiro atoms. The van der Waals surface area contributed by atoms with E-state index in [9.17, 15) is 4.79 Å². The summed E-state index contributed by atoms with van der Waals surface area (Å²) in [4.78, 5) is 14.7. The van der Waals surface area contributed by atoms with Gasteiger partial charge in [0.15, 0.2) is 0 Å². The van der Waals surface area contributed by atoms with Crippen LogP contribution in [0.2, 0.25) is 0 Å². The first kappa shape index (κ1) is 10.5. The number of benzene rings is 1. The van der Waals surface area contributed by atoms with Crippen LogP contribution in [0.4, 0.5) is 0 Å². The molecule has 14 heavy (non-hydrogen) atoms. The minimum Gasteiger partial charge on any atom is -0.296 e. The van der Waals surface area contributed by atoms with Gasteiger partial charge in [-0.15, -0.1) is 0 Å². The molecular formula is C11H12O3. The first-order chi connectivity index (χ1) is 6.77. The van der Waals surface area contributed by atoms with Gasteiger partial charge in [-0.1, -0.05) is 36.4 Å². The summed E-state index contributed by atoms with van der Waals surface area (Å²) < 4.78 is 0. The molecule has 1 N–H and O–H groups in total. The van der Waals surface area contributed by atoms with Gasteiger partial charge in [0, 0.05) is 12.0 Å². The number of carbonyl (C=O) groups is 1. The standard InChI is InChI=1S/C11H12O3/c1-2-10(11(12)14-13)8-9-6-4-3-5-7-9/h2-7,13H,8H2,1H3. The van der Waals surface area contributed by atoms with Crippen LogP contribution in [-0.4, -0.2) is 11.2 Å². The van der Waals surface area contributed by atoms with Gasteiger partial charge in [-0.25, -0.2) is 4.79 Å². The van der Waals surface area contributed by atoms with E-state index in [4.69, 9.17) is 5.26 Å². The zero-order chi connectivity index (χ0) is 10.4. The van der Waals surface area contributed by atoms with Crippen molar-refractivity contribution >= 4 is 5.97 Å². The summed E-state index contributed by atoms with van der Waals surface area (Å²) in [6, 6.07) is 9.52.